The fourth-order valence-electron chi connectivity index (χ4n) is 2.68. The maximum atomic E-state index is 13.0. The van der Waals surface area contributed by atoms with Gasteiger partial charge in [-0.05, 0) is 24.0 Å². The molecule has 2 rings (SSSR count). The molecule has 0 saturated heterocycles. The summed E-state index contributed by atoms with van der Waals surface area (Å²) in [6.07, 6.45) is 0. The van der Waals surface area contributed by atoms with E-state index in [1.165, 1.54) is 0 Å². The number of sulfonamides is 1. The second-order valence-electron chi connectivity index (χ2n) is 6.55. The van der Waals surface area contributed by atoms with Crippen LogP contribution in [0.3, 0.4) is 0 Å². The van der Waals surface area contributed by atoms with Crippen LogP contribution in [0.5, 0.6) is 0 Å². The summed E-state index contributed by atoms with van der Waals surface area (Å²) in [5.74, 6) is 0.256. The fraction of sp³-hybridized carbons (Fsp3) is 0.368. The van der Waals surface area contributed by atoms with Crippen LogP contribution in [0.2, 0.25) is 0 Å². The van der Waals surface area contributed by atoms with Gasteiger partial charge in [0.15, 0.2) is 0 Å². The molecule has 0 N–H and O–H groups in total. The van der Waals surface area contributed by atoms with Crippen LogP contribution in [0.1, 0.15) is 37.9 Å². The first kappa shape index (κ1) is 18.7. The first-order valence-corrected chi connectivity index (χ1v) is 9.79. The molecule has 2 aromatic carbocycles. The molecule has 1 atom stereocenters. The van der Waals surface area contributed by atoms with E-state index < -0.39 is 10.0 Å². The van der Waals surface area contributed by atoms with E-state index in [1.807, 2.05) is 75.4 Å². The van der Waals surface area contributed by atoms with Gasteiger partial charge in [-0.3, -0.25) is 0 Å². The molecule has 0 saturated carbocycles. The Hall–Kier alpha value is -1.59. The van der Waals surface area contributed by atoms with Gasteiger partial charge >= 0.3 is 0 Å². The molecular formula is C19H24BNO2S. The zero-order chi connectivity index (χ0) is 17.7. The molecule has 0 aliphatic heterocycles. The number of hydrogen-bond acceptors (Lipinski definition) is 2. The van der Waals surface area contributed by atoms with Crippen molar-refractivity contribution in [3.63, 3.8) is 0 Å². The number of rotatable bonds is 7. The molecule has 0 unspecified atom stereocenters. The van der Waals surface area contributed by atoms with Crippen LogP contribution < -0.4 is 5.46 Å². The lowest BCUT2D eigenvalue weighted by Gasteiger charge is -2.30. The van der Waals surface area contributed by atoms with Gasteiger partial charge in [0.1, 0.15) is 7.85 Å². The summed E-state index contributed by atoms with van der Waals surface area (Å²) in [6, 6.07) is 16.5. The monoisotopic (exact) mass is 341 g/mol. The molecule has 0 fully saturated rings. The molecule has 3 nitrogen and oxygen atoms in total. The average molecular weight is 341 g/mol. The van der Waals surface area contributed by atoms with Crippen LogP contribution in [0, 0.1) is 5.92 Å². The number of benzene rings is 2. The van der Waals surface area contributed by atoms with Crippen molar-refractivity contribution in [3.05, 3.63) is 65.7 Å². The van der Waals surface area contributed by atoms with E-state index in [2.05, 4.69) is 0 Å². The van der Waals surface area contributed by atoms with E-state index in [4.69, 9.17) is 7.85 Å². The van der Waals surface area contributed by atoms with Crippen molar-refractivity contribution in [1.82, 2.24) is 4.31 Å². The first-order chi connectivity index (χ1) is 11.3. The predicted molar refractivity (Wildman–Crippen MR) is 101 cm³/mol. The van der Waals surface area contributed by atoms with Gasteiger partial charge < -0.3 is 0 Å². The largest absolute Gasteiger partial charge is 0.218 e. The highest BCUT2D eigenvalue weighted by Crippen LogP contribution is 2.26. The second-order valence-corrected chi connectivity index (χ2v) is 8.47. The summed E-state index contributed by atoms with van der Waals surface area (Å²) in [5, 5.41) is 0. The van der Waals surface area contributed by atoms with E-state index in [-0.39, 0.29) is 17.7 Å². The van der Waals surface area contributed by atoms with Gasteiger partial charge in [-0.25, -0.2) is 8.42 Å². The van der Waals surface area contributed by atoms with Gasteiger partial charge in [0.25, 0.3) is 0 Å². The van der Waals surface area contributed by atoms with Crippen molar-refractivity contribution in [2.75, 3.05) is 6.54 Å². The molecule has 2 aromatic rings. The lowest BCUT2D eigenvalue weighted by atomic mass is 9.94. The van der Waals surface area contributed by atoms with Gasteiger partial charge in [0.05, 0.1) is 5.75 Å². The van der Waals surface area contributed by atoms with Crippen LogP contribution in [0.25, 0.3) is 0 Å². The lowest BCUT2D eigenvalue weighted by molar-refractivity contribution is 0.308. The van der Waals surface area contributed by atoms with Crippen molar-refractivity contribution in [3.8, 4) is 0 Å². The second kappa shape index (κ2) is 7.99. The van der Waals surface area contributed by atoms with E-state index in [9.17, 15) is 8.42 Å². The van der Waals surface area contributed by atoms with E-state index >= 15 is 0 Å². The highest BCUT2D eigenvalue weighted by molar-refractivity contribution is 7.88. The maximum Gasteiger partial charge on any atom is 0.218 e. The smallest absolute Gasteiger partial charge is 0.212 e. The van der Waals surface area contributed by atoms with Crippen molar-refractivity contribution in [2.45, 2.75) is 32.6 Å². The molecule has 0 amide bonds. The Kier molecular flexibility index (Phi) is 6.24. The van der Waals surface area contributed by atoms with Crippen molar-refractivity contribution in [1.29, 1.82) is 0 Å². The van der Waals surface area contributed by atoms with Crippen LogP contribution >= 0.6 is 0 Å². The third-order valence-electron chi connectivity index (χ3n) is 3.95. The molecule has 0 heterocycles. The zero-order valence-electron chi connectivity index (χ0n) is 14.5. The van der Waals surface area contributed by atoms with Gasteiger partial charge in [0.2, 0.25) is 10.0 Å². The zero-order valence-corrected chi connectivity index (χ0v) is 15.3. The lowest BCUT2D eigenvalue weighted by Crippen LogP contribution is -2.37. The molecule has 24 heavy (non-hydrogen) atoms. The van der Waals surface area contributed by atoms with Gasteiger partial charge in [0, 0.05) is 12.6 Å². The minimum atomic E-state index is -3.43. The summed E-state index contributed by atoms with van der Waals surface area (Å²) in [7, 11) is 2.31. The Morgan fingerprint density at radius 1 is 0.958 bits per heavy atom. The minimum absolute atomic E-state index is 0.0138. The molecular weight excluding hydrogens is 317 g/mol. The molecule has 5 heteroatoms. The Bertz CT molecular complexity index is 743. The predicted octanol–water partition coefficient (Wildman–Crippen LogP) is 3.03. The number of nitrogens with zero attached hydrogens (tertiary/aromatic N) is 1. The Balaban J connectivity index is 2.31. The van der Waals surface area contributed by atoms with Crippen LogP contribution in [0.4, 0.5) is 0 Å². The molecule has 0 aliphatic rings. The van der Waals surface area contributed by atoms with E-state index in [0.29, 0.717) is 12.0 Å². The van der Waals surface area contributed by atoms with Crippen LogP contribution in [0.15, 0.2) is 54.6 Å². The van der Waals surface area contributed by atoms with Crippen molar-refractivity contribution < 1.29 is 8.42 Å². The van der Waals surface area contributed by atoms with E-state index in [0.717, 1.165) is 11.1 Å². The molecule has 2 radical (unpaired) electrons. The Morgan fingerprint density at radius 3 is 2.08 bits per heavy atom. The summed E-state index contributed by atoms with van der Waals surface area (Å²) in [5.41, 5.74) is 2.42. The fourth-order valence-corrected chi connectivity index (χ4v) is 4.59. The van der Waals surface area contributed by atoms with E-state index in [1.54, 1.807) is 4.31 Å². The summed E-state index contributed by atoms with van der Waals surface area (Å²) >= 11 is 0. The van der Waals surface area contributed by atoms with Crippen LogP contribution in [-0.4, -0.2) is 27.1 Å². The standard InChI is InChI=1S/C19H24BNO2S/c1-15(2)13-21(16(3)18-9-11-19(20)12-10-18)24(22,23)14-17-7-5-4-6-8-17/h4-12,15-16H,13-14H2,1-3H3/t16-/m0/s1. The Morgan fingerprint density at radius 2 is 1.54 bits per heavy atom. The summed E-state index contributed by atoms with van der Waals surface area (Å²) in [4.78, 5) is 0. The molecule has 0 aromatic heterocycles. The minimum Gasteiger partial charge on any atom is -0.212 e. The van der Waals surface area contributed by atoms with Crippen LogP contribution in [-0.2, 0) is 15.8 Å². The molecule has 126 valence electrons. The first-order valence-electron chi connectivity index (χ1n) is 8.18. The van der Waals surface area contributed by atoms with Gasteiger partial charge in [-0.1, -0.05) is 73.9 Å². The van der Waals surface area contributed by atoms with Gasteiger partial charge in [-0.15, -0.1) is 0 Å². The molecule has 0 aliphatic carbocycles. The SMILES string of the molecule is [B]c1ccc([C@H](C)N(CC(C)C)S(=O)(=O)Cc2ccccc2)cc1. The third-order valence-corrected chi connectivity index (χ3v) is 5.82. The van der Waals surface area contributed by atoms with Gasteiger partial charge in [-0.2, -0.15) is 4.31 Å². The van der Waals surface area contributed by atoms with Crippen molar-refractivity contribution in [2.24, 2.45) is 5.92 Å². The average Bonchev–Trinajstić information content (AvgIpc) is 2.53. The maximum absolute atomic E-state index is 13.0. The summed E-state index contributed by atoms with van der Waals surface area (Å²) < 4.78 is 27.6. The quantitative estimate of drug-likeness (QED) is 0.726. The molecule has 0 spiro atoms. The normalized spacial score (nSPS) is 13.4. The molecule has 0 bridgehead atoms. The highest BCUT2D eigenvalue weighted by atomic mass is 32.2. The summed E-state index contributed by atoms with van der Waals surface area (Å²) in [6.45, 7) is 6.47. The Labute approximate surface area is 147 Å². The topological polar surface area (TPSA) is 37.4 Å². The highest BCUT2D eigenvalue weighted by Gasteiger charge is 2.29. The number of hydrogen-bond donors (Lipinski definition) is 0. The van der Waals surface area contributed by atoms with Crippen molar-refractivity contribution >= 4 is 23.3 Å². The third kappa shape index (κ3) is 4.95.